The van der Waals surface area contributed by atoms with E-state index >= 15 is 0 Å². The molecule has 11 heavy (non-hydrogen) atoms. The van der Waals surface area contributed by atoms with Crippen LogP contribution in [0.2, 0.25) is 0 Å². The maximum atomic E-state index is 5.54. The van der Waals surface area contributed by atoms with Crippen LogP contribution in [0.25, 0.3) is 0 Å². The Kier molecular flexibility index (Phi) is 3.74. The maximum absolute atomic E-state index is 5.54. The molecule has 1 rings (SSSR count). The van der Waals surface area contributed by atoms with Gasteiger partial charge < -0.3 is 0 Å². The Morgan fingerprint density at radius 3 is 2.82 bits per heavy atom. The summed E-state index contributed by atoms with van der Waals surface area (Å²) < 4.78 is 0.439. The van der Waals surface area contributed by atoms with Crippen molar-refractivity contribution in [1.82, 2.24) is 0 Å². The second-order valence-corrected chi connectivity index (χ2v) is 4.27. The molecule has 64 valence electrons. The van der Waals surface area contributed by atoms with E-state index in [-0.39, 0.29) is 0 Å². The molecule has 0 aliphatic heterocycles. The van der Waals surface area contributed by atoms with Gasteiger partial charge in [-0.3, -0.25) is 0 Å². The Hall–Kier alpha value is 0.320. The molecule has 0 aromatic heterocycles. The molecule has 0 aromatic rings. The molecule has 0 saturated heterocycles. The summed E-state index contributed by atoms with van der Waals surface area (Å²) in [5, 5.41) is 0. The highest BCUT2D eigenvalue weighted by atomic mass is 35.5. The average molecular weight is 193 g/mol. The lowest BCUT2D eigenvalue weighted by Crippen LogP contribution is -1.79. The zero-order valence-corrected chi connectivity index (χ0v) is 8.33. The molecule has 0 bridgehead atoms. The monoisotopic (exact) mass is 192 g/mol. The van der Waals surface area contributed by atoms with Crippen molar-refractivity contribution >= 4 is 23.2 Å². The van der Waals surface area contributed by atoms with Gasteiger partial charge in [0.2, 0.25) is 0 Å². The van der Waals surface area contributed by atoms with E-state index in [1.807, 2.05) is 6.08 Å². The second kappa shape index (κ2) is 4.37. The van der Waals surface area contributed by atoms with Gasteiger partial charge in [0.1, 0.15) is 4.49 Å². The van der Waals surface area contributed by atoms with E-state index in [9.17, 15) is 0 Å². The minimum atomic E-state index is 0.439. The Balaban J connectivity index is 2.11. The first-order valence-corrected chi connectivity index (χ1v) is 5.02. The van der Waals surface area contributed by atoms with Crippen molar-refractivity contribution in [3.05, 3.63) is 10.6 Å². The van der Waals surface area contributed by atoms with Gasteiger partial charge in [0, 0.05) is 0 Å². The van der Waals surface area contributed by atoms with Crippen LogP contribution in [0.3, 0.4) is 0 Å². The highest BCUT2D eigenvalue weighted by molar-refractivity contribution is 6.55. The quantitative estimate of drug-likeness (QED) is 0.629. The first-order valence-electron chi connectivity index (χ1n) is 4.27. The third-order valence-electron chi connectivity index (χ3n) is 2.25. The van der Waals surface area contributed by atoms with Crippen LogP contribution in [-0.4, -0.2) is 0 Å². The molecule has 0 spiro atoms. The molecule has 1 saturated carbocycles. The Bertz CT molecular complexity index is 148. The van der Waals surface area contributed by atoms with E-state index in [0.717, 1.165) is 5.92 Å². The summed E-state index contributed by atoms with van der Waals surface area (Å²) in [6.07, 6.45) is 7.25. The summed E-state index contributed by atoms with van der Waals surface area (Å²) >= 11 is 11.1. The lowest BCUT2D eigenvalue weighted by Gasteiger charge is -1.93. The zero-order valence-electron chi connectivity index (χ0n) is 6.82. The molecule has 0 nitrogen and oxygen atoms in total. The summed E-state index contributed by atoms with van der Waals surface area (Å²) in [4.78, 5) is 0. The molecule has 0 aromatic carbocycles. The fourth-order valence-corrected chi connectivity index (χ4v) is 1.76. The van der Waals surface area contributed by atoms with Crippen LogP contribution in [0.15, 0.2) is 10.6 Å². The average Bonchev–Trinajstić information content (AvgIpc) is 2.62. The fourth-order valence-electron chi connectivity index (χ4n) is 1.44. The largest absolute Gasteiger partial charge is 0.103 e. The van der Waals surface area contributed by atoms with Crippen molar-refractivity contribution in [2.75, 3.05) is 0 Å². The first kappa shape index (κ1) is 9.41. The topological polar surface area (TPSA) is 0 Å². The maximum Gasteiger partial charge on any atom is 0.103 e. The van der Waals surface area contributed by atoms with Crippen LogP contribution in [0.5, 0.6) is 0 Å². The molecule has 2 heteroatoms. The van der Waals surface area contributed by atoms with Crippen molar-refractivity contribution in [3.63, 3.8) is 0 Å². The van der Waals surface area contributed by atoms with Gasteiger partial charge in [0.05, 0.1) is 0 Å². The smallest absolute Gasteiger partial charge is 0.0712 e. The lowest BCUT2D eigenvalue weighted by atomic mass is 10.1. The van der Waals surface area contributed by atoms with Crippen LogP contribution in [0.4, 0.5) is 0 Å². The molecular formula is C9H14Cl2. The Morgan fingerprint density at radius 1 is 1.55 bits per heavy atom. The summed E-state index contributed by atoms with van der Waals surface area (Å²) in [7, 11) is 0. The van der Waals surface area contributed by atoms with Gasteiger partial charge in [-0.25, -0.2) is 0 Å². The molecule has 1 fully saturated rings. The van der Waals surface area contributed by atoms with E-state index in [2.05, 4.69) is 6.92 Å². The highest BCUT2D eigenvalue weighted by Crippen LogP contribution is 2.44. The van der Waals surface area contributed by atoms with Crippen molar-refractivity contribution in [1.29, 1.82) is 0 Å². The van der Waals surface area contributed by atoms with Gasteiger partial charge in [0.15, 0.2) is 0 Å². The Labute approximate surface area is 78.6 Å². The van der Waals surface area contributed by atoms with Gasteiger partial charge in [-0.05, 0) is 24.7 Å². The number of unbranched alkanes of at least 4 members (excludes halogenated alkanes) is 1. The summed E-state index contributed by atoms with van der Waals surface area (Å²) in [5.41, 5.74) is 0. The minimum Gasteiger partial charge on any atom is -0.0712 e. The van der Waals surface area contributed by atoms with Gasteiger partial charge in [0.25, 0.3) is 0 Å². The van der Waals surface area contributed by atoms with E-state index in [1.165, 1.54) is 25.7 Å². The third kappa shape index (κ3) is 3.48. The van der Waals surface area contributed by atoms with Crippen LogP contribution < -0.4 is 0 Å². The summed E-state index contributed by atoms with van der Waals surface area (Å²) in [6, 6.07) is 0. The van der Waals surface area contributed by atoms with Crippen LogP contribution >= 0.6 is 23.2 Å². The number of rotatable bonds is 4. The van der Waals surface area contributed by atoms with E-state index < -0.39 is 0 Å². The number of allylic oxidation sites excluding steroid dienone is 1. The predicted octanol–water partition coefficient (Wildman–Crippen LogP) is 4.13. The van der Waals surface area contributed by atoms with Gasteiger partial charge in [-0.15, -0.1) is 0 Å². The normalized spacial score (nSPS) is 28.3. The first-order chi connectivity index (χ1) is 5.24. The molecule has 2 atom stereocenters. The highest BCUT2D eigenvalue weighted by Gasteiger charge is 2.34. The molecule has 0 radical (unpaired) electrons. The molecular weight excluding hydrogens is 179 g/mol. The van der Waals surface area contributed by atoms with Crippen LogP contribution in [-0.2, 0) is 0 Å². The van der Waals surface area contributed by atoms with Gasteiger partial charge in [-0.2, -0.15) is 0 Å². The van der Waals surface area contributed by atoms with Crippen molar-refractivity contribution < 1.29 is 0 Å². The molecule has 0 N–H and O–H groups in total. The SMILES string of the molecule is CCCC[C@H]1C[C@H]1C=C(Cl)Cl. The zero-order chi connectivity index (χ0) is 8.27. The lowest BCUT2D eigenvalue weighted by molar-refractivity contribution is 0.634. The Morgan fingerprint density at radius 2 is 2.27 bits per heavy atom. The fraction of sp³-hybridized carbons (Fsp3) is 0.778. The van der Waals surface area contributed by atoms with Gasteiger partial charge >= 0.3 is 0 Å². The molecule has 0 amide bonds. The number of hydrogen-bond donors (Lipinski definition) is 0. The van der Waals surface area contributed by atoms with Crippen LogP contribution in [0, 0.1) is 11.8 Å². The van der Waals surface area contributed by atoms with Crippen molar-refractivity contribution in [2.45, 2.75) is 32.6 Å². The molecule has 0 heterocycles. The predicted molar refractivity (Wildman–Crippen MR) is 50.9 cm³/mol. The third-order valence-corrected chi connectivity index (χ3v) is 2.50. The molecule has 1 aliphatic carbocycles. The van der Waals surface area contributed by atoms with E-state index in [1.54, 1.807) is 0 Å². The van der Waals surface area contributed by atoms with Gasteiger partial charge in [-0.1, -0.05) is 49.0 Å². The number of hydrogen-bond acceptors (Lipinski definition) is 0. The van der Waals surface area contributed by atoms with Crippen molar-refractivity contribution in [2.24, 2.45) is 11.8 Å². The van der Waals surface area contributed by atoms with Crippen LogP contribution in [0.1, 0.15) is 32.6 Å². The number of halogens is 2. The van der Waals surface area contributed by atoms with E-state index in [0.29, 0.717) is 10.4 Å². The van der Waals surface area contributed by atoms with E-state index in [4.69, 9.17) is 23.2 Å². The summed E-state index contributed by atoms with van der Waals surface area (Å²) in [5.74, 6) is 1.56. The minimum absolute atomic E-state index is 0.439. The standard InChI is InChI=1S/C9H14Cl2/c1-2-3-4-7-5-8(7)6-9(10)11/h6-8H,2-5H2,1H3/t7-,8-/m0/s1. The summed E-state index contributed by atoms with van der Waals surface area (Å²) in [6.45, 7) is 2.22. The molecule has 0 unspecified atom stereocenters. The van der Waals surface area contributed by atoms with Crippen molar-refractivity contribution in [3.8, 4) is 0 Å². The molecule has 1 aliphatic rings. The second-order valence-electron chi connectivity index (χ2n) is 3.26.